The monoisotopic (exact) mass is 531 g/mol. The Kier molecular flexibility index (Phi) is 9.01. The Morgan fingerprint density at radius 3 is 2.46 bits per heavy atom. The van der Waals surface area contributed by atoms with Gasteiger partial charge in [-0.2, -0.15) is 0 Å². The van der Waals surface area contributed by atoms with Crippen molar-refractivity contribution in [2.75, 3.05) is 19.7 Å². The maximum Gasteiger partial charge on any atom is 0.410 e. The molecular weight excluding hydrogens is 494 g/mol. The lowest BCUT2D eigenvalue weighted by Crippen LogP contribution is -2.44. The molecule has 2 N–H and O–H groups in total. The first-order valence-electron chi connectivity index (χ1n) is 13.1. The molecule has 37 heavy (non-hydrogen) atoms. The molecule has 3 unspecified atom stereocenters. The largest absolute Gasteiger partial charge is 0.490 e. The van der Waals surface area contributed by atoms with Gasteiger partial charge in [-0.1, -0.05) is 35.9 Å². The minimum absolute atomic E-state index is 0.0595. The first kappa shape index (κ1) is 27.7. The number of likely N-dealkylation sites (tertiary alicyclic amines) is 1. The van der Waals surface area contributed by atoms with Crippen molar-refractivity contribution < 1.29 is 29.2 Å². The minimum Gasteiger partial charge on any atom is -0.490 e. The van der Waals surface area contributed by atoms with E-state index in [4.69, 9.17) is 25.8 Å². The van der Waals surface area contributed by atoms with Crippen LogP contribution in [0.4, 0.5) is 4.79 Å². The fourth-order valence-corrected chi connectivity index (χ4v) is 5.02. The maximum atomic E-state index is 12.3. The van der Waals surface area contributed by atoms with Gasteiger partial charge in [-0.05, 0) is 62.1 Å². The lowest BCUT2D eigenvalue weighted by Gasteiger charge is -2.33. The van der Waals surface area contributed by atoms with Gasteiger partial charge in [-0.25, -0.2) is 4.79 Å². The topological polar surface area (TPSA) is 88.5 Å². The van der Waals surface area contributed by atoms with Crippen LogP contribution < -0.4 is 4.74 Å². The molecule has 0 radical (unpaired) electrons. The van der Waals surface area contributed by atoms with Gasteiger partial charge in [-0.3, -0.25) is 0 Å². The van der Waals surface area contributed by atoms with Gasteiger partial charge in [0, 0.05) is 43.8 Å². The third kappa shape index (κ3) is 7.84. The van der Waals surface area contributed by atoms with E-state index in [0.29, 0.717) is 37.4 Å². The van der Waals surface area contributed by atoms with Crippen molar-refractivity contribution in [2.45, 2.75) is 82.9 Å². The molecule has 7 nitrogen and oxygen atoms in total. The number of aliphatic hydroxyl groups excluding tert-OH is 2. The molecule has 0 saturated carbocycles. The molecule has 202 valence electrons. The molecule has 0 aliphatic carbocycles. The van der Waals surface area contributed by atoms with Crippen LogP contribution in [0, 0.1) is 0 Å². The zero-order valence-corrected chi connectivity index (χ0v) is 22.6. The molecule has 2 heterocycles. The molecule has 2 aliphatic heterocycles. The maximum absolute atomic E-state index is 12.3. The van der Waals surface area contributed by atoms with Crippen LogP contribution in [-0.2, 0) is 15.9 Å². The van der Waals surface area contributed by atoms with Crippen LogP contribution in [0.2, 0.25) is 5.02 Å². The smallest absolute Gasteiger partial charge is 0.410 e. The summed E-state index contributed by atoms with van der Waals surface area (Å²) in [6, 6.07) is 13.8. The quantitative estimate of drug-likeness (QED) is 0.527. The molecule has 0 aromatic heterocycles. The summed E-state index contributed by atoms with van der Waals surface area (Å²) in [4.78, 5) is 14.0. The van der Waals surface area contributed by atoms with Crippen LogP contribution in [0.5, 0.6) is 5.75 Å². The Morgan fingerprint density at radius 2 is 1.81 bits per heavy atom. The van der Waals surface area contributed by atoms with Gasteiger partial charge in [0.1, 0.15) is 17.5 Å². The van der Waals surface area contributed by atoms with E-state index < -0.39 is 11.7 Å². The standard InChI is InChI=1S/C29H38ClNO6/c1-29(2,3)37-28(34)31-12-10-24(11-13-31)35-23-7-4-19(5-8-23)14-21-15-20(6-9-26(21)30)27-17-22(33)16-25(18-32)36-27/h4-9,15,22,24-25,27,32-33H,10-14,16-18H2,1-3H3. The number of nitrogens with zero attached hydrogens (tertiary/aromatic N) is 1. The van der Waals surface area contributed by atoms with E-state index in [-0.39, 0.29) is 31.0 Å². The zero-order valence-electron chi connectivity index (χ0n) is 21.9. The number of carbonyl (C=O) groups is 1. The summed E-state index contributed by atoms with van der Waals surface area (Å²) in [5, 5.41) is 20.3. The van der Waals surface area contributed by atoms with Crippen LogP contribution in [-0.4, -0.2) is 64.8 Å². The Morgan fingerprint density at radius 1 is 1.11 bits per heavy atom. The Bertz CT molecular complexity index is 1050. The average molecular weight is 532 g/mol. The molecular formula is C29H38ClNO6. The lowest BCUT2D eigenvalue weighted by molar-refractivity contribution is -0.113. The van der Waals surface area contributed by atoms with E-state index >= 15 is 0 Å². The van der Waals surface area contributed by atoms with Gasteiger partial charge in [0.15, 0.2) is 0 Å². The number of ether oxygens (including phenoxy) is 3. The van der Waals surface area contributed by atoms with Crippen LogP contribution in [0.1, 0.15) is 69.2 Å². The Labute approximate surface area is 224 Å². The summed E-state index contributed by atoms with van der Waals surface area (Å²) in [6.07, 6.45) is 1.80. The van der Waals surface area contributed by atoms with E-state index in [0.717, 1.165) is 35.3 Å². The summed E-state index contributed by atoms with van der Waals surface area (Å²) in [5.41, 5.74) is 2.54. The second kappa shape index (κ2) is 12.0. The summed E-state index contributed by atoms with van der Waals surface area (Å²) in [7, 11) is 0. The van der Waals surface area contributed by atoms with E-state index in [1.807, 2.05) is 63.2 Å². The van der Waals surface area contributed by atoms with Gasteiger partial charge in [-0.15, -0.1) is 0 Å². The van der Waals surface area contributed by atoms with Gasteiger partial charge in [0.2, 0.25) is 0 Å². The molecule has 4 rings (SSSR count). The normalized spacial score (nSPS) is 23.1. The third-order valence-corrected chi connectivity index (χ3v) is 7.11. The van der Waals surface area contributed by atoms with E-state index in [2.05, 4.69) is 0 Å². The highest BCUT2D eigenvalue weighted by Crippen LogP contribution is 2.34. The van der Waals surface area contributed by atoms with Crippen molar-refractivity contribution in [3.63, 3.8) is 0 Å². The second-order valence-corrected chi connectivity index (χ2v) is 11.4. The average Bonchev–Trinajstić information content (AvgIpc) is 2.85. The van der Waals surface area contributed by atoms with Crippen molar-refractivity contribution in [1.29, 1.82) is 0 Å². The first-order chi connectivity index (χ1) is 17.6. The summed E-state index contributed by atoms with van der Waals surface area (Å²) < 4.78 is 17.6. The van der Waals surface area contributed by atoms with Gasteiger partial charge >= 0.3 is 6.09 Å². The fraction of sp³-hybridized carbons (Fsp3) is 0.552. The molecule has 0 bridgehead atoms. The van der Waals surface area contributed by atoms with Gasteiger partial charge in [0.25, 0.3) is 0 Å². The van der Waals surface area contributed by atoms with Crippen molar-refractivity contribution in [2.24, 2.45) is 0 Å². The molecule has 2 aromatic rings. The highest BCUT2D eigenvalue weighted by molar-refractivity contribution is 6.31. The molecule has 2 saturated heterocycles. The predicted octanol–water partition coefficient (Wildman–Crippen LogP) is 5.28. The number of carbonyl (C=O) groups excluding carboxylic acids is 1. The molecule has 3 atom stereocenters. The van der Waals surface area contributed by atoms with Crippen molar-refractivity contribution in [1.82, 2.24) is 4.90 Å². The Balaban J connectivity index is 1.32. The molecule has 2 aromatic carbocycles. The number of benzene rings is 2. The van der Waals surface area contributed by atoms with E-state index in [1.165, 1.54) is 0 Å². The molecule has 2 fully saturated rings. The summed E-state index contributed by atoms with van der Waals surface area (Å²) in [5.74, 6) is 0.805. The fourth-order valence-electron chi connectivity index (χ4n) is 4.83. The highest BCUT2D eigenvalue weighted by atomic mass is 35.5. The number of hydrogen-bond acceptors (Lipinski definition) is 6. The molecule has 0 spiro atoms. The van der Waals surface area contributed by atoms with Crippen molar-refractivity contribution >= 4 is 17.7 Å². The third-order valence-electron chi connectivity index (χ3n) is 6.74. The van der Waals surface area contributed by atoms with Crippen LogP contribution in [0.3, 0.4) is 0 Å². The molecule has 1 amide bonds. The second-order valence-electron chi connectivity index (χ2n) is 11.0. The van der Waals surface area contributed by atoms with Gasteiger partial charge < -0.3 is 29.3 Å². The number of amides is 1. The molecule has 8 heteroatoms. The first-order valence-corrected chi connectivity index (χ1v) is 13.4. The number of aliphatic hydroxyl groups is 2. The summed E-state index contributed by atoms with van der Waals surface area (Å²) >= 11 is 6.51. The number of rotatable bonds is 6. The SMILES string of the molecule is CC(C)(C)OC(=O)N1CCC(Oc2ccc(Cc3cc(C4CC(O)CC(CO)O4)ccc3Cl)cc2)CC1. The highest BCUT2D eigenvalue weighted by Gasteiger charge is 2.30. The van der Waals surface area contributed by atoms with Crippen LogP contribution in [0.15, 0.2) is 42.5 Å². The van der Waals surface area contributed by atoms with Crippen LogP contribution >= 0.6 is 11.6 Å². The van der Waals surface area contributed by atoms with E-state index in [9.17, 15) is 15.0 Å². The summed E-state index contributed by atoms with van der Waals surface area (Å²) in [6.45, 7) is 6.75. The minimum atomic E-state index is -0.493. The predicted molar refractivity (Wildman–Crippen MR) is 142 cm³/mol. The van der Waals surface area contributed by atoms with Gasteiger partial charge in [0.05, 0.1) is 24.9 Å². The zero-order chi connectivity index (χ0) is 26.6. The number of hydrogen-bond donors (Lipinski definition) is 2. The number of piperidine rings is 1. The Hall–Kier alpha value is -2.32. The lowest BCUT2D eigenvalue weighted by atomic mass is 9.94. The number of halogens is 1. The van der Waals surface area contributed by atoms with Crippen LogP contribution in [0.25, 0.3) is 0 Å². The van der Waals surface area contributed by atoms with E-state index in [1.54, 1.807) is 4.90 Å². The van der Waals surface area contributed by atoms with Crippen molar-refractivity contribution in [3.8, 4) is 5.75 Å². The van der Waals surface area contributed by atoms with Crippen molar-refractivity contribution in [3.05, 3.63) is 64.2 Å². The molecule has 2 aliphatic rings.